The monoisotopic (exact) mass is 748 g/mol. The van der Waals surface area contributed by atoms with Gasteiger partial charge in [0.2, 0.25) is 29.4 Å². The molecule has 282 valence electrons. The van der Waals surface area contributed by atoms with Gasteiger partial charge in [0.25, 0.3) is 0 Å². The molecule has 10 nitrogen and oxygen atoms in total. The number of carbonyl (C=O) groups is 4. The summed E-state index contributed by atoms with van der Waals surface area (Å²) in [4.78, 5) is 57.2. The summed E-state index contributed by atoms with van der Waals surface area (Å²) in [6.45, 7) is 1.25. The van der Waals surface area contributed by atoms with Gasteiger partial charge in [0.1, 0.15) is 18.1 Å². The fraction of sp³-hybridized carbons (Fsp3) is 0.282. The van der Waals surface area contributed by atoms with Crippen molar-refractivity contribution in [2.45, 2.75) is 50.2 Å². The molecule has 0 aliphatic carbocycles. The van der Waals surface area contributed by atoms with Crippen molar-refractivity contribution in [3.05, 3.63) is 119 Å². The number of nitrogens with two attached hydrogens (primary N) is 1. The molecule has 15 heteroatoms. The molecule has 0 radical (unpaired) electrons. The highest BCUT2D eigenvalue weighted by molar-refractivity contribution is 5.95. The molecule has 7 N–H and O–H groups in total. The number of primary amides is 1. The number of aromatic nitrogens is 1. The second-order valence-electron chi connectivity index (χ2n) is 13.3. The average Bonchev–Trinajstić information content (AvgIpc) is 3.59. The first kappa shape index (κ1) is 37.9. The molecular weight excluding hydrogens is 711 g/mol. The van der Waals surface area contributed by atoms with Crippen molar-refractivity contribution in [3.8, 4) is 0 Å². The minimum absolute atomic E-state index is 0.0406. The van der Waals surface area contributed by atoms with E-state index in [0.717, 1.165) is 10.8 Å². The van der Waals surface area contributed by atoms with E-state index >= 15 is 0 Å². The summed E-state index contributed by atoms with van der Waals surface area (Å²) in [6.07, 6.45) is 1.40. The Labute approximate surface area is 306 Å². The van der Waals surface area contributed by atoms with Gasteiger partial charge in [-0.05, 0) is 53.9 Å². The molecule has 1 aliphatic rings. The third-order valence-electron chi connectivity index (χ3n) is 9.70. The Morgan fingerprint density at radius 2 is 1.28 bits per heavy atom. The highest BCUT2D eigenvalue weighted by Crippen LogP contribution is 2.25. The van der Waals surface area contributed by atoms with Crippen molar-refractivity contribution in [3.63, 3.8) is 0 Å². The molecule has 5 aromatic rings. The zero-order valence-electron chi connectivity index (χ0n) is 28.8. The summed E-state index contributed by atoms with van der Waals surface area (Å²) < 4.78 is 70.9. The SMILES string of the molecule is NC(=O)[C@H](Cc1c(F)c(F)c(F)c(F)c1F)NC(=O)[C@@H](Cc1c[nH]c2ccccc12)NC(=O)[C@@H](Cc1ccc2ccccc2c1)NC(=O)C1CCNCC1. The zero-order chi connectivity index (χ0) is 38.5. The van der Waals surface area contributed by atoms with Gasteiger partial charge >= 0.3 is 0 Å². The van der Waals surface area contributed by atoms with Gasteiger partial charge in [-0.25, -0.2) is 22.0 Å². The second kappa shape index (κ2) is 16.5. The maximum Gasteiger partial charge on any atom is 0.243 e. The molecule has 1 aromatic heterocycles. The molecule has 0 unspecified atom stereocenters. The number of aromatic amines is 1. The van der Waals surface area contributed by atoms with Gasteiger partial charge in [-0.1, -0.05) is 60.7 Å². The number of hydrogen-bond acceptors (Lipinski definition) is 5. The molecule has 1 fully saturated rings. The Morgan fingerprint density at radius 3 is 1.96 bits per heavy atom. The number of benzene rings is 4. The topological polar surface area (TPSA) is 158 Å². The molecule has 4 amide bonds. The molecule has 0 saturated carbocycles. The van der Waals surface area contributed by atoms with Crippen LogP contribution in [0.25, 0.3) is 21.7 Å². The number of nitrogens with one attached hydrogen (secondary N) is 5. The van der Waals surface area contributed by atoms with Crippen LogP contribution in [-0.2, 0) is 38.4 Å². The van der Waals surface area contributed by atoms with Crippen LogP contribution in [0.2, 0.25) is 0 Å². The Balaban J connectivity index is 1.30. The van der Waals surface area contributed by atoms with E-state index in [4.69, 9.17) is 5.73 Å². The van der Waals surface area contributed by atoms with Gasteiger partial charge in [0.15, 0.2) is 23.3 Å². The number of fused-ring (bicyclic) bond motifs is 2. The first-order valence-corrected chi connectivity index (χ1v) is 17.3. The van der Waals surface area contributed by atoms with Crippen molar-refractivity contribution in [2.75, 3.05) is 13.1 Å². The van der Waals surface area contributed by atoms with E-state index in [2.05, 4.69) is 26.3 Å². The fourth-order valence-corrected chi connectivity index (χ4v) is 6.72. The van der Waals surface area contributed by atoms with Gasteiger partial charge in [-0.2, -0.15) is 0 Å². The Morgan fingerprint density at radius 1 is 0.685 bits per heavy atom. The van der Waals surface area contributed by atoms with Crippen LogP contribution in [0.1, 0.15) is 29.5 Å². The van der Waals surface area contributed by atoms with Gasteiger partial charge < -0.3 is 32.0 Å². The number of para-hydroxylation sites is 1. The molecule has 2 heterocycles. The maximum atomic E-state index is 14.6. The van der Waals surface area contributed by atoms with E-state index in [-0.39, 0.29) is 24.7 Å². The van der Waals surface area contributed by atoms with Crippen molar-refractivity contribution in [1.82, 2.24) is 26.3 Å². The van der Waals surface area contributed by atoms with Crippen molar-refractivity contribution < 1.29 is 41.1 Å². The first-order chi connectivity index (χ1) is 25.9. The normalized spacial score (nSPS) is 15.1. The number of halogens is 5. The predicted molar refractivity (Wildman–Crippen MR) is 190 cm³/mol. The van der Waals surface area contributed by atoms with E-state index in [1.165, 1.54) is 0 Å². The predicted octanol–water partition coefficient (Wildman–Crippen LogP) is 3.98. The number of carbonyl (C=O) groups excluding carboxylic acids is 4. The van der Waals surface area contributed by atoms with Crippen LogP contribution in [-0.4, -0.2) is 59.8 Å². The lowest BCUT2D eigenvalue weighted by Crippen LogP contribution is -2.58. The summed E-state index contributed by atoms with van der Waals surface area (Å²) >= 11 is 0. The summed E-state index contributed by atoms with van der Waals surface area (Å²) in [5.41, 5.74) is 6.08. The molecule has 0 spiro atoms. The lowest BCUT2D eigenvalue weighted by atomic mass is 9.95. The van der Waals surface area contributed by atoms with Gasteiger partial charge in [-0.3, -0.25) is 19.2 Å². The molecule has 1 aliphatic heterocycles. The minimum atomic E-state index is -2.39. The van der Waals surface area contributed by atoms with E-state index < -0.39 is 76.9 Å². The lowest BCUT2D eigenvalue weighted by molar-refractivity contribution is -0.134. The first-order valence-electron chi connectivity index (χ1n) is 17.3. The number of hydrogen-bond donors (Lipinski definition) is 6. The van der Waals surface area contributed by atoms with Gasteiger partial charge in [0.05, 0.1) is 0 Å². The highest BCUT2D eigenvalue weighted by atomic mass is 19.2. The van der Waals surface area contributed by atoms with Crippen LogP contribution in [0.3, 0.4) is 0 Å². The Bertz CT molecular complexity index is 2190. The summed E-state index contributed by atoms with van der Waals surface area (Å²) in [5, 5.41) is 13.5. The Hall–Kier alpha value is -5.83. The maximum absolute atomic E-state index is 14.6. The van der Waals surface area contributed by atoms with E-state index in [1.54, 1.807) is 30.5 Å². The van der Waals surface area contributed by atoms with Crippen LogP contribution in [0.15, 0.2) is 72.9 Å². The van der Waals surface area contributed by atoms with Crippen LogP contribution < -0.4 is 27.0 Å². The molecule has 1 saturated heterocycles. The third-order valence-corrected chi connectivity index (χ3v) is 9.70. The molecular formula is C39H37F5N6O4. The lowest BCUT2D eigenvalue weighted by Gasteiger charge is -2.27. The van der Waals surface area contributed by atoms with Crippen LogP contribution in [0.5, 0.6) is 0 Å². The molecule has 4 aromatic carbocycles. The minimum Gasteiger partial charge on any atom is -0.368 e. The van der Waals surface area contributed by atoms with E-state index in [0.29, 0.717) is 48.0 Å². The number of rotatable bonds is 13. The number of H-pyrrole nitrogens is 1. The van der Waals surface area contributed by atoms with E-state index in [1.807, 2.05) is 42.5 Å². The van der Waals surface area contributed by atoms with Crippen LogP contribution in [0.4, 0.5) is 22.0 Å². The van der Waals surface area contributed by atoms with Crippen molar-refractivity contribution in [2.24, 2.45) is 11.7 Å². The summed E-state index contributed by atoms with van der Waals surface area (Å²) in [6, 6.07) is 15.7. The molecule has 6 rings (SSSR count). The van der Waals surface area contributed by atoms with Crippen molar-refractivity contribution in [1.29, 1.82) is 0 Å². The second-order valence-corrected chi connectivity index (χ2v) is 13.3. The van der Waals surface area contributed by atoms with Gasteiger partial charge in [-0.15, -0.1) is 0 Å². The standard InChI is InChI=1S/C39H37F5N6O4/c40-31-26(32(41)34(43)35(44)33(31)42)18-28(36(45)51)48-39(54)30(17-24-19-47-27-8-4-3-7-25(24)27)50-38(53)29(49-37(52)22-11-13-46-14-12-22)16-20-9-10-21-5-1-2-6-23(21)15-20/h1-10,15,19,22,28-30,46-47H,11-14,16-18H2,(H2,45,51)(H,48,54)(H,49,52)(H,50,53)/t28-,29+,30+/m0/s1. The molecule has 0 bridgehead atoms. The fourth-order valence-electron chi connectivity index (χ4n) is 6.72. The Kier molecular flexibility index (Phi) is 11.6. The van der Waals surface area contributed by atoms with Crippen LogP contribution >= 0.6 is 0 Å². The number of amides is 4. The third kappa shape index (κ3) is 8.36. The summed E-state index contributed by atoms with van der Waals surface area (Å²) in [7, 11) is 0. The average molecular weight is 749 g/mol. The van der Waals surface area contributed by atoms with Crippen molar-refractivity contribution >= 4 is 45.3 Å². The summed E-state index contributed by atoms with van der Waals surface area (Å²) in [5.74, 6) is -15.1. The highest BCUT2D eigenvalue weighted by Gasteiger charge is 2.34. The smallest absolute Gasteiger partial charge is 0.243 e. The zero-order valence-corrected chi connectivity index (χ0v) is 28.8. The van der Waals surface area contributed by atoms with E-state index in [9.17, 15) is 41.1 Å². The molecule has 54 heavy (non-hydrogen) atoms. The van der Waals surface area contributed by atoms with Crippen LogP contribution in [0, 0.1) is 35.0 Å². The van der Waals surface area contributed by atoms with Gasteiger partial charge in [0, 0.05) is 47.8 Å². The largest absolute Gasteiger partial charge is 0.368 e. The molecule has 3 atom stereocenters. The number of piperidine rings is 1. The quantitative estimate of drug-likeness (QED) is 0.0610.